The summed E-state index contributed by atoms with van der Waals surface area (Å²) in [7, 11) is 0. The van der Waals surface area contributed by atoms with Crippen LogP contribution in [0.15, 0.2) is 42.7 Å². The lowest BCUT2D eigenvalue weighted by molar-refractivity contribution is -0.134. The Morgan fingerprint density at radius 3 is 2.50 bits per heavy atom. The maximum atomic E-state index is 13.7. The van der Waals surface area contributed by atoms with Gasteiger partial charge in [0.15, 0.2) is 5.60 Å². The summed E-state index contributed by atoms with van der Waals surface area (Å²) in [6.45, 7) is 4.60. The Hall–Kier alpha value is -3.42. The van der Waals surface area contributed by atoms with Crippen LogP contribution in [0, 0.1) is 0 Å². The number of rotatable bonds is 4. The van der Waals surface area contributed by atoms with Crippen LogP contribution in [0.2, 0.25) is 0 Å². The summed E-state index contributed by atoms with van der Waals surface area (Å²) < 4.78 is 10.9. The van der Waals surface area contributed by atoms with Crippen LogP contribution in [0.5, 0.6) is 0 Å². The number of carbonyl (C=O) groups excluding carboxylic acids is 3. The third kappa shape index (κ3) is 3.65. The van der Waals surface area contributed by atoms with Crippen LogP contribution in [0.25, 0.3) is 0 Å². The number of likely N-dealkylation sites (tertiary alicyclic amines) is 2. The molecule has 3 aliphatic heterocycles. The Labute approximate surface area is 210 Å². The van der Waals surface area contributed by atoms with Crippen LogP contribution in [-0.4, -0.2) is 65.5 Å². The molecule has 8 nitrogen and oxygen atoms in total. The average molecular weight is 490 g/mol. The van der Waals surface area contributed by atoms with E-state index in [0.29, 0.717) is 50.7 Å². The summed E-state index contributed by atoms with van der Waals surface area (Å²) in [4.78, 5) is 45.8. The van der Waals surface area contributed by atoms with Crippen molar-refractivity contribution in [2.75, 3.05) is 32.8 Å². The monoisotopic (exact) mass is 489 g/mol. The molecule has 188 valence electrons. The van der Waals surface area contributed by atoms with Gasteiger partial charge in [0, 0.05) is 44.0 Å². The Balaban J connectivity index is 1.13. The number of piperidine rings is 1. The van der Waals surface area contributed by atoms with Crippen molar-refractivity contribution in [1.82, 2.24) is 14.8 Å². The van der Waals surface area contributed by atoms with E-state index in [-0.39, 0.29) is 18.0 Å². The predicted molar refractivity (Wildman–Crippen MR) is 130 cm³/mol. The maximum Gasteiger partial charge on any atom is 0.409 e. The molecule has 1 aromatic heterocycles. The zero-order chi connectivity index (χ0) is 24.9. The van der Waals surface area contributed by atoms with E-state index in [2.05, 4.69) is 29.2 Å². The molecule has 2 saturated heterocycles. The van der Waals surface area contributed by atoms with Gasteiger partial charge in [-0.05, 0) is 55.7 Å². The van der Waals surface area contributed by atoms with Gasteiger partial charge in [-0.25, -0.2) is 9.59 Å². The minimum atomic E-state index is -0.747. The lowest BCUT2D eigenvalue weighted by atomic mass is 9.86. The van der Waals surface area contributed by atoms with E-state index in [1.165, 1.54) is 5.56 Å². The standard InChI is InChI=1S/C28H31N3O5/c1-2-35-26(34)30-14-8-20(9-15-30)19-3-5-21(6-4-19)27(10-11-27)25(33)31-16-12-28(18-31)23-7-13-29-17-22(23)24(32)36-28/h3-7,13,17,20H,2,8-12,14-16,18H2,1H3/t28-/m0/s1. The van der Waals surface area contributed by atoms with E-state index in [9.17, 15) is 14.4 Å². The molecule has 1 aromatic carbocycles. The molecule has 1 saturated carbocycles. The van der Waals surface area contributed by atoms with E-state index in [1.54, 1.807) is 17.3 Å². The van der Waals surface area contributed by atoms with Crippen molar-refractivity contribution in [3.63, 3.8) is 0 Å². The van der Waals surface area contributed by atoms with Crippen LogP contribution < -0.4 is 0 Å². The molecule has 0 bridgehead atoms. The number of hydrogen-bond acceptors (Lipinski definition) is 6. The predicted octanol–water partition coefficient (Wildman–Crippen LogP) is 3.75. The third-order valence-corrected chi connectivity index (χ3v) is 8.45. The van der Waals surface area contributed by atoms with Crippen molar-refractivity contribution in [2.24, 2.45) is 0 Å². The Bertz CT molecular complexity index is 1200. The van der Waals surface area contributed by atoms with Crippen molar-refractivity contribution >= 4 is 18.0 Å². The zero-order valence-corrected chi connectivity index (χ0v) is 20.6. The number of esters is 1. The van der Waals surface area contributed by atoms with Crippen molar-refractivity contribution < 1.29 is 23.9 Å². The smallest absolute Gasteiger partial charge is 0.409 e. The quantitative estimate of drug-likeness (QED) is 0.608. The molecule has 2 aromatic rings. The van der Waals surface area contributed by atoms with Crippen molar-refractivity contribution in [3.05, 3.63) is 65.0 Å². The molecular weight excluding hydrogens is 458 g/mol. The van der Waals surface area contributed by atoms with Crippen LogP contribution >= 0.6 is 0 Å². The number of hydrogen-bond donors (Lipinski definition) is 0. The first kappa shape index (κ1) is 23.0. The van der Waals surface area contributed by atoms with Crippen LogP contribution in [0.1, 0.15) is 72.0 Å². The van der Waals surface area contributed by atoms with Gasteiger partial charge in [-0.2, -0.15) is 0 Å². The van der Waals surface area contributed by atoms with Crippen molar-refractivity contribution in [3.8, 4) is 0 Å². The minimum absolute atomic E-state index is 0.133. The lowest BCUT2D eigenvalue weighted by Gasteiger charge is -2.31. The highest BCUT2D eigenvalue weighted by Crippen LogP contribution is 2.52. The second-order valence-corrected chi connectivity index (χ2v) is 10.4. The highest BCUT2D eigenvalue weighted by Gasteiger charge is 2.57. The number of ether oxygens (including phenoxy) is 2. The fourth-order valence-electron chi connectivity index (χ4n) is 6.24. The zero-order valence-electron chi connectivity index (χ0n) is 20.6. The Morgan fingerprint density at radius 2 is 1.81 bits per heavy atom. The summed E-state index contributed by atoms with van der Waals surface area (Å²) in [6, 6.07) is 10.4. The minimum Gasteiger partial charge on any atom is -0.450 e. The first-order valence-corrected chi connectivity index (χ1v) is 13.0. The molecule has 0 unspecified atom stereocenters. The first-order chi connectivity index (χ1) is 17.5. The summed E-state index contributed by atoms with van der Waals surface area (Å²) in [5.41, 5.74) is 2.46. The normalized spacial score (nSPS) is 24.5. The van der Waals surface area contributed by atoms with Gasteiger partial charge in [0.05, 0.1) is 24.1 Å². The lowest BCUT2D eigenvalue weighted by Crippen LogP contribution is -2.40. The van der Waals surface area contributed by atoms with Gasteiger partial charge in [0.25, 0.3) is 0 Å². The second kappa shape index (κ2) is 8.61. The second-order valence-electron chi connectivity index (χ2n) is 10.4. The molecule has 2 amide bonds. The molecule has 4 heterocycles. The highest BCUT2D eigenvalue weighted by molar-refractivity contribution is 5.95. The number of amides is 2. The Kier molecular flexibility index (Phi) is 5.50. The topological polar surface area (TPSA) is 89.0 Å². The molecule has 1 atom stereocenters. The average Bonchev–Trinajstić information content (AvgIpc) is 3.54. The fourth-order valence-corrected chi connectivity index (χ4v) is 6.24. The largest absolute Gasteiger partial charge is 0.450 e. The highest BCUT2D eigenvalue weighted by atomic mass is 16.6. The number of benzene rings is 1. The molecular formula is C28H31N3O5. The van der Waals surface area contributed by atoms with E-state index in [1.807, 2.05) is 17.9 Å². The number of aromatic nitrogens is 1. The van der Waals surface area contributed by atoms with Crippen molar-refractivity contribution in [2.45, 2.75) is 56.0 Å². The van der Waals surface area contributed by atoms with E-state index in [0.717, 1.165) is 36.8 Å². The van der Waals surface area contributed by atoms with Crippen LogP contribution in [0.4, 0.5) is 4.79 Å². The molecule has 36 heavy (non-hydrogen) atoms. The molecule has 3 fully saturated rings. The molecule has 1 spiro atoms. The maximum absolute atomic E-state index is 13.7. The van der Waals surface area contributed by atoms with Crippen molar-refractivity contribution in [1.29, 1.82) is 0 Å². The number of pyridine rings is 1. The third-order valence-electron chi connectivity index (χ3n) is 8.45. The van der Waals surface area contributed by atoms with Gasteiger partial charge >= 0.3 is 12.1 Å². The molecule has 0 radical (unpaired) electrons. The number of nitrogens with zero attached hydrogens (tertiary/aromatic N) is 3. The molecule has 1 aliphatic carbocycles. The van der Waals surface area contributed by atoms with E-state index in [4.69, 9.17) is 9.47 Å². The fraction of sp³-hybridized carbons (Fsp3) is 0.500. The van der Waals surface area contributed by atoms with Gasteiger partial charge in [-0.3, -0.25) is 9.78 Å². The number of fused-ring (bicyclic) bond motifs is 2. The summed E-state index contributed by atoms with van der Waals surface area (Å²) in [6.07, 6.45) is 7.12. The van der Waals surface area contributed by atoms with Crippen LogP contribution in [-0.2, 0) is 25.3 Å². The van der Waals surface area contributed by atoms with Gasteiger partial charge in [0.2, 0.25) is 5.91 Å². The number of carbonyl (C=O) groups is 3. The molecule has 4 aliphatic rings. The SMILES string of the molecule is CCOC(=O)N1CCC(c2ccc(C3(C(=O)N4CC[C@@]5(C4)OC(=O)c4cnccc45)CC3)cc2)CC1. The van der Waals surface area contributed by atoms with E-state index < -0.39 is 11.0 Å². The van der Waals surface area contributed by atoms with E-state index >= 15 is 0 Å². The summed E-state index contributed by atoms with van der Waals surface area (Å²) >= 11 is 0. The molecule has 6 rings (SSSR count). The van der Waals surface area contributed by atoms with Gasteiger partial charge in [-0.1, -0.05) is 24.3 Å². The Morgan fingerprint density at radius 1 is 1.06 bits per heavy atom. The van der Waals surface area contributed by atoms with Gasteiger partial charge < -0.3 is 19.3 Å². The summed E-state index contributed by atoms with van der Waals surface area (Å²) in [5, 5.41) is 0. The van der Waals surface area contributed by atoms with Gasteiger partial charge in [-0.15, -0.1) is 0 Å². The van der Waals surface area contributed by atoms with Gasteiger partial charge in [0.1, 0.15) is 0 Å². The molecule has 8 heteroatoms. The van der Waals surface area contributed by atoms with Crippen LogP contribution in [0.3, 0.4) is 0 Å². The summed E-state index contributed by atoms with van der Waals surface area (Å²) in [5.74, 6) is 0.186. The first-order valence-electron chi connectivity index (χ1n) is 13.0. The molecule has 0 N–H and O–H groups in total.